The second-order valence-corrected chi connectivity index (χ2v) is 3.58. The van der Waals surface area contributed by atoms with E-state index >= 15 is 0 Å². The van der Waals surface area contributed by atoms with E-state index in [2.05, 4.69) is 18.3 Å². The van der Waals surface area contributed by atoms with E-state index in [-0.39, 0.29) is 0 Å². The molecule has 0 fully saturated rings. The molecule has 0 aromatic heterocycles. The number of ketones is 1. The van der Waals surface area contributed by atoms with E-state index in [9.17, 15) is 4.79 Å². The predicted octanol–water partition coefficient (Wildman–Crippen LogP) is 1.75. The van der Waals surface area contributed by atoms with Gasteiger partial charge >= 0.3 is 0 Å². The molecular weight excluding hydrogens is 150 g/mol. The summed E-state index contributed by atoms with van der Waals surface area (Å²) in [6.07, 6.45) is 3.72. The van der Waals surface area contributed by atoms with Crippen molar-refractivity contribution in [1.29, 1.82) is 0 Å². The summed E-state index contributed by atoms with van der Waals surface area (Å²) in [7, 11) is 0. The lowest BCUT2D eigenvalue weighted by molar-refractivity contribution is -0.115. The number of allylic oxidation sites excluding steroid dienone is 4. The van der Waals surface area contributed by atoms with Gasteiger partial charge in [-0.25, -0.2) is 0 Å². The number of rotatable bonds is 0. The van der Waals surface area contributed by atoms with Crippen LogP contribution in [0.3, 0.4) is 0 Å². The molecule has 0 aromatic carbocycles. The molecule has 1 atom stereocenters. The van der Waals surface area contributed by atoms with E-state index in [1.165, 1.54) is 5.70 Å². The van der Waals surface area contributed by atoms with Gasteiger partial charge in [-0.3, -0.25) is 4.79 Å². The molecule has 0 amide bonds. The maximum Gasteiger partial charge on any atom is 0.161 e. The average Bonchev–Trinajstić information content (AvgIpc) is 2.31. The van der Waals surface area contributed by atoms with Gasteiger partial charge in [0.05, 0.1) is 0 Å². The molecule has 0 radical (unpaired) electrons. The standard InChI is InChI=1S/C10H13NO/c1-6-5-7(2)11-8-3-4-9(12)10(6)8/h5-6,11H,3-4H2,1-2H3/t6-/m0/s1. The zero-order valence-corrected chi connectivity index (χ0v) is 7.48. The summed E-state index contributed by atoms with van der Waals surface area (Å²) in [5.74, 6) is 0.644. The summed E-state index contributed by atoms with van der Waals surface area (Å²) in [4.78, 5) is 11.4. The fourth-order valence-corrected chi connectivity index (χ4v) is 2.07. The molecule has 0 aromatic rings. The highest BCUT2D eigenvalue weighted by atomic mass is 16.1. The Morgan fingerprint density at radius 2 is 2.25 bits per heavy atom. The number of Topliss-reactive ketones (excluding diaryl/α,β-unsaturated/α-hetero) is 1. The van der Waals surface area contributed by atoms with Gasteiger partial charge in [0.15, 0.2) is 5.78 Å². The minimum absolute atomic E-state index is 0.316. The van der Waals surface area contributed by atoms with Gasteiger partial charge in [0.25, 0.3) is 0 Å². The largest absolute Gasteiger partial charge is 0.362 e. The minimum atomic E-state index is 0.316. The van der Waals surface area contributed by atoms with Gasteiger partial charge in [-0.05, 0) is 13.3 Å². The molecule has 0 saturated heterocycles. The van der Waals surface area contributed by atoms with Gasteiger partial charge in [-0.2, -0.15) is 0 Å². The van der Waals surface area contributed by atoms with Crippen LogP contribution in [-0.4, -0.2) is 5.78 Å². The number of hydrogen-bond donors (Lipinski definition) is 1. The number of carbonyl (C=O) groups excluding carboxylic acids is 1. The van der Waals surface area contributed by atoms with Crippen LogP contribution >= 0.6 is 0 Å². The highest BCUT2D eigenvalue weighted by Gasteiger charge is 2.28. The van der Waals surface area contributed by atoms with Crippen molar-refractivity contribution >= 4 is 5.78 Å². The zero-order valence-electron chi connectivity index (χ0n) is 7.48. The van der Waals surface area contributed by atoms with Crippen LogP contribution in [0.25, 0.3) is 0 Å². The first-order valence-electron chi connectivity index (χ1n) is 4.40. The molecule has 1 aliphatic carbocycles. The van der Waals surface area contributed by atoms with Crippen molar-refractivity contribution in [3.05, 3.63) is 23.0 Å². The lowest BCUT2D eigenvalue weighted by atomic mass is 9.95. The van der Waals surface area contributed by atoms with E-state index in [4.69, 9.17) is 0 Å². The quantitative estimate of drug-likeness (QED) is 0.589. The SMILES string of the molecule is CC1=C[C@H](C)C2=C(CCC2=O)N1. The van der Waals surface area contributed by atoms with Crippen LogP contribution in [0, 0.1) is 5.92 Å². The highest BCUT2D eigenvalue weighted by molar-refractivity contribution is 5.99. The van der Waals surface area contributed by atoms with Crippen molar-refractivity contribution in [2.75, 3.05) is 0 Å². The van der Waals surface area contributed by atoms with Crippen LogP contribution in [0.2, 0.25) is 0 Å². The van der Waals surface area contributed by atoms with E-state index in [1.807, 2.05) is 6.92 Å². The summed E-state index contributed by atoms with van der Waals surface area (Å²) < 4.78 is 0. The average molecular weight is 163 g/mol. The number of dihydropyridines is 1. The summed E-state index contributed by atoms with van der Waals surface area (Å²) >= 11 is 0. The number of nitrogens with one attached hydrogen (secondary N) is 1. The highest BCUT2D eigenvalue weighted by Crippen LogP contribution is 2.31. The Labute approximate surface area is 72.3 Å². The van der Waals surface area contributed by atoms with Crippen LogP contribution < -0.4 is 5.32 Å². The third kappa shape index (κ3) is 0.986. The first kappa shape index (κ1) is 7.59. The number of hydrogen-bond acceptors (Lipinski definition) is 2. The van der Waals surface area contributed by atoms with Gasteiger partial charge in [0.1, 0.15) is 0 Å². The Morgan fingerprint density at radius 3 is 3.00 bits per heavy atom. The lowest BCUT2D eigenvalue weighted by Gasteiger charge is -2.19. The topological polar surface area (TPSA) is 29.1 Å². The maximum atomic E-state index is 11.4. The normalized spacial score (nSPS) is 28.3. The molecule has 2 nitrogen and oxygen atoms in total. The van der Waals surface area contributed by atoms with E-state index in [0.717, 1.165) is 17.7 Å². The van der Waals surface area contributed by atoms with Crippen LogP contribution in [0.15, 0.2) is 23.0 Å². The molecule has 1 N–H and O–H groups in total. The van der Waals surface area contributed by atoms with Crippen molar-refractivity contribution < 1.29 is 4.79 Å². The second-order valence-electron chi connectivity index (χ2n) is 3.58. The van der Waals surface area contributed by atoms with Crippen LogP contribution in [-0.2, 0) is 4.79 Å². The van der Waals surface area contributed by atoms with Crippen molar-refractivity contribution in [3.8, 4) is 0 Å². The van der Waals surface area contributed by atoms with Crippen molar-refractivity contribution in [1.82, 2.24) is 5.32 Å². The van der Waals surface area contributed by atoms with Crippen molar-refractivity contribution in [3.63, 3.8) is 0 Å². The Hall–Kier alpha value is -1.05. The third-order valence-electron chi connectivity index (χ3n) is 2.53. The first-order valence-corrected chi connectivity index (χ1v) is 4.40. The molecule has 12 heavy (non-hydrogen) atoms. The van der Waals surface area contributed by atoms with E-state index < -0.39 is 0 Å². The fraction of sp³-hybridized carbons (Fsp3) is 0.500. The lowest BCUT2D eigenvalue weighted by Crippen LogP contribution is -2.20. The Balaban J connectivity index is 2.36. The van der Waals surface area contributed by atoms with Gasteiger partial charge < -0.3 is 5.32 Å². The van der Waals surface area contributed by atoms with Crippen LogP contribution in [0.5, 0.6) is 0 Å². The molecule has 0 unspecified atom stereocenters. The predicted molar refractivity (Wildman–Crippen MR) is 47.3 cm³/mol. The Kier molecular flexibility index (Phi) is 1.56. The molecule has 0 bridgehead atoms. The summed E-state index contributed by atoms with van der Waals surface area (Å²) in [5.41, 5.74) is 3.35. The van der Waals surface area contributed by atoms with Crippen LogP contribution in [0.1, 0.15) is 26.7 Å². The van der Waals surface area contributed by atoms with Gasteiger partial charge in [0.2, 0.25) is 0 Å². The minimum Gasteiger partial charge on any atom is -0.362 e. The molecular formula is C10H13NO. The monoisotopic (exact) mass is 163 g/mol. The van der Waals surface area contributed by atoms with Crippen LogP contribution in [0.4, 0.5) is 0 Å². The zero-order chi connectivity index (χ0) is 8.72. The summed E-state index contributed by atoms with van der Waals surface area (Å²) in [6.45, 7) is 4.13. The number of carbonyl (C=O) groups is 1. The Bertz CT molecular complexity index is 299. The Morgan fingerprint density at radius 1 is 1.50 bits per heavy atom. The molecule has 1 aliphatic heterocycles. The molecule has 0 saturated carbocycles. The molecule has 64 valence electrons. The fourth-order valence-electron chi connectivity index (χ4n) is 2.07. The molecule has 2 heteroatoms. The first-order chi connectivity index (χ1) is 5.68. The molecule has 2 aliphatic rings. The molecule has 1 heterocycles. The van der Waals surface area contributed by atoms with Crippen molar-refractivity contribution in [2.45, 2.75) is 26.7 Å². The summed E-state index contributed by atoms with van der Waals surface area (Å²) in [6, 6.07) is 0. The van der Waals surface area contributed by atoms with Crippen molar-refractivity contribution in [2.24, 2.45) is 5.92 Å². The smallest absolute Gasteiger partial charge is 0.161 e. The maximum absolute atomic E-state index is 11.4. The summed E-state index contributed by atoms with van der Waals surface area (Å²) in [5, 5.41) is 3.26. The van der Waals surface area contributed by atoms with Gasteiger partial charge in [-0.1, -0.05) is 13.0 Å². The van der Waals surface area contributed by atoms with E-state index in [1.54, 1.807) is 0 Å². The van der Waals surface area contributed by atoms with Gasteiger partial charge in [-0.15, -0.1) is 0 Å². The molecule has 0 spiro atoms. The van der Waals surface area contributed by atoms with E-state index in [0.29, 0.717) is 18.1 Å². The second kappa shape index (κ2) is 2.47. The van der Waals surface area contributed by atoms with Gasteiger partial charge in [0, 0.05) is 29.3 Å². The third-order valence-corrected chi connectivity index (χ3v) is 2.53. The molecule has 2 rings (SSSR count).